The smallest absolute Gasteiger partial charge is 0.244 e. The van der Waals surface area contributed by atoms with Crippen LogP contribution in [-0.2, 0) is 17.9 Å². The lowest BCUT2D eigenvalue weighted by molar-refractivity contribution is -0.116. The number of nitrogens with zero attached hydrogens (tertiary/aromatic N) is 3. The SMILES string of the molecule is COc1cc(CNC(=O)/C=C/c2ccc3c(c2)OCO3)ccc1OCc1cn(-c2ccccc2)nn1. The number of benzene rings is 3. The first-order chi connectivity index (χ1) is 17.7. The Hall–Kier alpha value is -4.79. The van der Waals surface area contributed by atoms with Crippen LogP contribution in [0.1, 0.15) is 16.8 Å². The van der Waals surface area contributed by atoms with Gasteiger partial charge in [0.15, 0.2) is 23.0 Å². The molecule has 1 N–H and O–H groups in total. The summed E-state index contributed by atoms with van der Waals surface area (Å²) in [4.78, 5) is 12.3. The predicted octanol–water partition coefficient (Wildman–Crippen LogP) is 3.91. The molecule has 1 aliphatic rings. The van der Waals surface area contributed by atoms with Gasteiger partial charge in [-0.25, -0.2) is 4.68 Å². The van der Waals surface area contributed by atoms with Gasteiger partial charge in [0, 0.05) is 12.6 Å². The van der Waals surface area contributed by atoms with Gasteiger partial charge < -0.3 is 24.3 Å². The van der Waals surface area contributed by atoms with E-state index in [-0.39, 0.29) is 19.3 Å². The number of hydrogen-bond acceptors (Lipinski definition) is 7. The number of rotatable bonds is 9. The molecule has 1 aliphatic heterocycles. The summed E-state index contributed by atoms with van der Waals surface area (Å²) in [7, 11) is 1.57. The van der Waals surface area contributed by atoms with Crippen LogP contribution < -0.4 is 24.3 Å². The molecule has 0 saturated carbocycles. The molecule has 0 aliphatic carbocycles. The Balaban J connectivity index is 1.15. The van der Waals surface area contributed by atoms with Gasteiger partial charge in [-0.3, -0.25) is 4.79 Å². The number of aromatic nitrogens is 3. The number of carbonyl (C=O) groups excluding carboxylic acids is 1. The topological polar surface area (TPSA) is 96.7 Å². The number of carbonyl (C=O) groups is 1. The summed E-state index contributed by atoms with van der Waals surface area (Å²) in [6.45, 7) is 0.794. The summed E-state index contributed by atoms with van der Waals surface area (Å²) in [5, 5.41) is 11.2. The summed E-state index contributed by atoms with van der Waals surface area (Å²) in [6, 6.07) is 20.8. The van der Waals surface area contributed by atoms with E-state index >= 15 is 0 Å². The average Bonchev–Trinajstić information content (AvgIpc) is 3.59. The molecule has 4 aromatic rings. The van der Waals surface area contributed by atoms with Gasteiger partial charge in [-0.1, -0.05) is 35.5 Å². The highest BCUT2D eigenvalue weighted by Crippen LogP contribution is 2.33. The van der Waals surface area contributed by atoms with Crippen LogP contribution in [0.3, 0.4) is 0 Å². The number of ether oxygens (including phenoxy) is 4. The van der Waals surface area contributed by atoms with Crippen molar-refractivity contribution in [1.29, 1.82) is 0 Å². The maximum atomic E-state index is 12.3. The highest BCUT2D eigenvalue weighted by molar-refractivity contribution is 5.91. The van der Waals surface area contributed by atoms with Gasteiger partial charge in [-0.2, -0.15) is 0 Å². The fourth-order valence-electron chi connectivity index (χ4n) is 3.60. The van der Waals surface area contributed by atoms with Gasteiger partial charge in [0.25, 0.3) is 0 Å². The van der Waals surface area contributed by atoms with Crippen LogP contribution in [0.4, 0.5) is 0 Å². The maximum Gasteiger partial charge on any atom is 0.244 e. The van der Waals surface area contributed by atoms with Crippen molar-refractivity contribution in [2.75, 3.05) is 13.9 Å². The highest BCUT2D eigenvalue weighted by atomic mass is 16.7. The summed E-state index contributed by atoms with van der Waals surface area (Å²) >= 11 is 0. The Bertz CT molecular complexity index is 1380. The monoisotopic (exact) mass is 484 g/mol. The van der Waals surface area contributed by atoms with E-state index in [2.05, 4.69) is 15.6 Å². The van der Waals surface area contributed by atoms with Gasteiger partial charge >= 0.3 is 0 Å². The van der Waals surface area contributed by atoms with Crippen LogP contribution in [0.2, 0.25) is 0 Å². The van der Waals surface area contributed by atoms with Crippen molar-refractivity contribution in [3.8, 4) is 28.7 Å². The summed E-state index contributed by atoms with van der Waals surface area (Å²) < 4.78 is 23.7. The molecule has 0 spiro atoms. The van der Waals surface area contributed by atoms with Gasteiger partial charge in [-0.15, -0.1) is 5.10 Å². The lowest BCUT2D eigenvalue weighted by Gasteiger charge is -2.11. The van der Waals surface area contributed by atoms with E-state index in [1.807, 2.05) is 72.9 Å². The summed E-state index contributed by atoms with van der Waals surface area (Å²) in [6.07, 6.45) is 5.03. The largest absolute Gasteiger partial charge is 0.493 e. The number of hydrogen-bond donors (Lipinski definition) is 1. The minimum Gasteiger partial charge on any atom is -0.493 e. The second-order valence-electron chi connectivity index (χ2n) is 7.93. The average molecular weight is 485 g/mol. The van der Waals surface area contributed by atoms with Crippen molar-refractivity contribution in [2.24, 2.45) is 0 Å². The Morgan fingerprint density at radius 2 is 1.92 bits per heavy atom. The molecule has 0 unspecified atom stereocenters. The Labute approximate surface area is 207 Å². The number of para-hydroxylation sites is 1. The molecule has 1 aromatic heterocycles. The molecule has 5 rings (SSSR count). The second-order valence-corrected chi connectivity index (χ2v) is 7.93. The molecule has 0 atom stereocenters. The first-order valence-electron chi connectivity index (χ1n) is 11.3. The minimum atomic E-state index is -0.214. The third-order valence-corrected chi connectivity index (χ3v) is 5.46. The van der Waals surface area contributed by atoms with Crippen LogP contribution in [-0.4, -0.2) is 34.8 Å². The molecule has 3 aromatic carbocycles. The van der Waals surface area contributed by atoms with Crippen molar-refractivity contribution in [2.45, 2.75) is 13.2 Å². The molecule has 9 heteroatoms. The molecule has 0 radical (unpaired) electrons. The van der Waals surface area contributed by atoms with Crippen molar-refractivity contribution >= 4 is 12.0 Å². The van der Waals surface area contributed by atoms with E-state index < -0.39 is 0 Å². The molecule has 0 bridgehead atoms. The summed E-state index contributed by atoms with van der Waals surface area (Å²) in [5.41, 5.74) is 3.33. The number of amides is 1. The lowest BCUT2D eigenvalue weighted by atomic mass is 10.2. The first kappa shape index (κ1) is 23.0. The first-order valence-corrected chi connectivity index (χ1v) is 11.3. The van der Waals surface area contributed by atoms with Crippen molar-refractivity contribution in [3.05, 3.63) is 95.8 Å². The van der Waals surface area contributed by atoms with Crippen LogP contribution >= 0.6 is 0 Å². The van der Waals surface area contributed by atoms with Gasteiger partial charge in [0.1, 0.15) is 12.3 Å². The van der Waals surface area contributed by atoms with Crippen molar-refractivity contribution in [1.82, 2.24) is 20.3 Å². The van der Waals surface area contributed by atoms with Crippen LogP contribution in [0.5, 0.6) is 23.0 Å². The van der Waals surface area contributed by atoms with Crippen molar-refractivity contribution < 1.29 is 23.7 Å². The quantitative estimate of drug-likeness (QED) is 0.360. The van der Waals surface area contributed by atoms with Gasteiger partial charge in [-0.05, 0) is 53.6 Å². The van der Waals surface area contributed by atoms with Crippen LogP contribution in [0.15, 0.2) is 79.0 Å². The molecular weight excluding hydrogens is 460 g/mol. The normalized spacial score (nSPS) is 12.0. The second kappa shape index (κ2) is 10.6. The summed E-state index contributed by atoms with van der Waals surface area (Å²) in [5.74, 6) is 2.30. The standard InChI is InChI=1S/C27H24N4O5/c1-33-25-14-20(15-28-27(32)12-9-19-7-10-24-26(13-19)36-18-35-24)8-11-23(25)34-17-21-16-31(30-29-21)22-5-3-2-4-6-22/h2-14,16H,15,17-18H2,1H3,(H,28,32)/b12-9+. The van der Waals surface area contributed by atoms with Crippen molar-refractivity contribution in [3.63, 3.8) is 0 Å². The number of nitrogens with one attached hydrogen (secondary N) is 1. The molecule has 0 fully saturated rings. The Kier molecular flexibility index (Phi) is 6.79. The molecule has 0 saturated heterocycles. The minimum absolute atomic E-state index is 0.214. The zero-order chi connectivity index (χ0) is 24.7. The van der Waals surface area contributed by atoms with E-state index in [4.69, 9.17) is 18.9 Å². The molecule has 36 heavy (non-hydrogen) atoms. The predicted molar refractivity (Wildman–Crippen MR) is 132 cm³/mol. The third kappa shape index (κ3) is 5.47. The molecule has 1 amide bonds. The van der Waals surface area contributed by atoms with E-state index in [1.165, 1.54) is 6.08 Å². The number of fused-ring (bicyclic) bond motifs is 1. The van der Waals surface area contributed by atoms with E-state index in [1.54, 1.807) is 17.9 Å². The van der Waals surface area contributed by atoms with Gasteiger partial charge in [0.2, 0.25) is 12.7 Å². The molecule has 182 valence electrons. The molecular formula is C27H24N4O5. The van der Waals surface area contributed by atoms with E-state index in [0.29, 0.717) is 35.2 Å². The fourth-order valence-corrected chi connectivity index (χ4v) is 3.60. The molecule has 9 nitrogen and oxygen atoms in total. The van der Waals surface area contributed by atoms with Crippen LogP contribution in [0, 0.1) is 0 Å². The zero-order valence-electron chi connectivity index (χ0n) is 19.6. The maximum absolute atomic E-state index is 12.3. The zero-order valence-corrected chi connectivity index (χ0v) is 19.6. The number of methoxy groups -OCH3 is 1. The lowest BCUT2D eigenvalue weighted by Crippen LogP contribution is -2.20. The Morgan fingerprint density at radius 1 is 1.06 bits per heavy atom. The third-order valence-electron chi connectivity index (χ3n) is 5.46. The van der Waals surface area contributed by atoms with Crippen LogP contribution in [0.25, 0.3) is 11.8 Å². The van der Waals surface area contributed by atoms with Gasteiger partial charge in [0.05, 0.1) is 19.0 Å². The van der Waals surface area contributed by atoms with E-state index in [0.717, 1.165) is 16.8 Å². The Morgan fingerprint density at radius 3 is 2.78 bits per heavy atom. The fraction of sp³-hybridized carbons (Fsp3) is 0.148. The van der Waals surface area contributed by atoms with E-state index in [9.17, 15) is 4.79 Å². The molecule has 2 heterocycles. The highest BCUT2D eigenvalue weighted by Gasteiger charge is 2.12.